The number of aryl methyl sites for hydroxylation is 1. The van der Waals surface area contributed by atoms with Gasteiger partial charge in [0.2, 0.25) is 0 Å². The van der Waals surface area contributed by atoms with Gasteiger partial charge in [-0.15, -0.1) is 0 Å². The van der Waals surface area contributed by atoms with Crippen LogP contribution in [0.1, 0.15) is 23.6 Å². The van der Waals surface area contributed by atoms with Crippen LogP contribution in [0, 0.1) is 0 Å². The van der Waals surface area contributed by atoms with Gasteiger partial charge >= 0.3 is 0 Å². The van der Waals surface area contributed by atoms with Crippen molar-refractivity contribution in [3.8, 4) is 28.7 Å². The predicted molar refractivity (Wildman–Crippen MR) is 92.0 cm³/mol. The first-order valence-corrected chi connectivity index (χ1v) is 7.97. The Bertz CT molecular complexity index is 827. The fourth-order valence-corrected chi connectivity index (χ4v) is 2.87. The Morgan fingerprint density at radius 1 is 1.16 bits per heavy atom. The van der Waals surface area contributed by atoms with Crippen molar-refractivity contribution in [2.75, 3.05) is 6.61 Å². The zero-order valence-corrected chi connectivity index (χ0v) is 13.8. The van der Waals surface area contributed by atoms with E-state index in [1.54, 1.807) is 6.07 Å². The number of aromatic hydroxyl groups is 4. The summed E-state index contributed by atoms with van der Waals surface area (Å²) < 4.78 is 11.4. The van der Waals surface area contributed by atoms with E-state index in [-0.39, 0.29) is 35.7 Å². The SMILES string of the molecule is C=C(O[C@H]1COc2cc(O)cc(O)c2C1)c1cc(O)c(O)c(CC)c1. The minimum Gasteiger partial charge on any atom is -0.508 e. The highest BCUT2D eigenvalue weighted by Gasteiger charge is 2.25. The van der Waals surface area contributed by atoms with E-state index in [1.807, 2.05) is 6.92 Å². The predicted octanol–water partition coefficient (Wildman–Crippen LogP) is 3.06. The summed E-state index contributed by atoms with van der Waals surface area (Å²) in [5.74, 6) is 0.283. The highest BCUT2D eigenvalue weighted by atomic mass is 16.5. The number of benzene rings is 2. The van der Waals surface area contributed by atoms with Crippen molar-refractivity contribution < 1.29 is 29.9 Å². The molecule has 0 saturated carbocycles. The van der Waals surface area contributed by atoms with E-state index in [0.717, 1.165) is 0 Å². The molecule has 0 fully saturated rings. The van der Waals surface area contributed by atoms with Gasteiger partial charge in [0, 0.05) is 29.7 Å². The average molecular weight is 344 g/mol. The number of fused-ring (bicyclic) bond motifs is 1. The van der Waals surface area contributed by atoms with Crippen molar-refractivity contribution in [3.05, 3.63) is 47.5 Å². The Hall–Kier alpha value is -3.02. The number of phenolic OH excluding ortho intramolecular Hbond substituents is 4. The lowest BCUT2D eigenvalue weighted by Gasteiger charge is -2.27. The molecule has 0 aliphatic carbocycles. The third kappa shape index (κ3) is 3.28. The van der Waals surface area contributed by atoms with Crippen LogP contribution < -0.4 is 4.74 Å². The molecule has 1 aliphatic heterocycles. The molecule has 2 aromatic rings. The summed E-state index contributed by atoms with van der Waals surface area (Å²) in [6.45, 7) is 5.99. The summed E-state index contributed by atoms with van der Waals surface area (Å²) in [4.78, 5) is 0. The molecule has 0 amide bonds. The number of hydrogen-bond acceptors (Lipinski definition) is 6. The monoisotopic (exact) mass is 344 g/mol. The Balaban J connectivity index is 1.77. The molecule has 0 saturated heterocycles. The molecule has 0 aromatic heterocycles. The highest BCUT2D eigenvalue weighted by molar-refractivity contribution is 5.63. The molecule has 1 heterocycles. The molecule has 0 unspecified atom stereocenters. The van der Waals surface area contributed by atoms with Gasteiger partial charge in [0.05, 0.1) is 0 Å². The number of ether oxygens (including phenoxy) is 2. The molecule has 0 spiro atoms. The molecule has 6 heteroatoms. The number of hydrogen-bond donors (Lipinski definition) is 4. The molecule has 0 radical (unpaired) electrons. The maximum absolute atomic E-state index is 9.96. The van der Waals surface area contributed by atoms with Crippen LogP contribution in [-0.2, 0) is 17.6 Å². The molecule has 3 rings (SSSR count). The van der Waals surface area contributed by atoms with Crippen LogP contribution in [0.4, 0.5) is 0 Å². The smallest absolute Gasteiger partial charge is 0.160 e. The molecule has 132 valence electrons. The Morgan fingerprint density at radius 2 is 1.92 bits per heavy atom. The standard InChI is InChI=1S/C19H20O6/c1-3-11-4-12(5-17(22)19(11)23)10(2)25-14-8-15-16(21)6-13(20)7-18(15)24-9-14/h4-7,14,20-23H,2-3,8-9H2,1H3/t14-/m1/s1. The first kappa shape index (κ1) is 16.8. The first-order chi connectivity index (χ1) is 11.9. The van der Waals surface area contributed by atoms with Crippen molar-refractivity contribution in [1.29, 1.82) is 0 Å². The van der Waals surface area contributed by atoms with Crippen molar-refractivity contribution >= 4 is 5.76 Å². The van der Waals surface area contributed by atoms with E-state index < -0.39 is 0 Å². The average Bonchev–Trinajstić information content (AvgIpc) is 2.57. The number of rotatable bonds is 4. The fourth-order valence-electron chi connectivity index (χ4n) is 2.87. The maximum atomic E-state index is 9.96. The second kappa shape index (κ2) is 6.47. The van der Waals surface area contributed by atoms with Gasteiger partial charge in [-0.3, -0.25) is 0 Å². The molecule has 25 heavy (non-hydrogen) atoms. The van der Waals surface area contributed by atoms with E-state index in [0.29, 0.717) is 41.0 Å². The highest BCUT2D eigenvalue weighted by Crippen LogP contribution is 2.38. The van der Waals surface area contributed by atoms with E-state index in [9.17, 15) is 20.4 Å². The van der Waals surface area contributed by atoms with Gasteiger partial charge in [-0.1, -0.05) is 13.5 Å². The summed E-state index contributed by atoms with van der Waals surface area (Å²) in [5, 5.41) is 39.1. The summed E-state index contributed by atoms with van der Waals surface area (Å²) in [6, 6.07) is 5.81. The lowest BCUT2D eigenvalue weighted by molar-refractivity contribution is 0.0883. The van der Waals surface area contributed by atoms with Gasteiger partial charge < -0.3 is 29.9 Å². The lowest BCUT2D eigenvalue weighted by atomic mass is 10.0. The Labute approximate surface area is 145 Å². The fraction of sp³-hybridized carbons (Fsp3) is 0.263. The van der Waals surface area contributed by atoms with Gasteiger partial charge in [-0.05, 0) is 24.1 Å². The second-order valence-corrected chi connectivity index (χ2v) is 5.98. The summed E-state index contributed by atoms with van der Waals surface area (Å²) >= 11 is 0. The van der Waals surface area contributed by atoms with Crippen LogP contribution in [-0.4, -0.2) is 33.1 Å². The van der Waals surface area contributed by atoms with Gasteiger partial charge in [0.25, 0.3) is 0 Å². The normalized spacial score (nSPS) is 16.0. The van der Waals surface area contributed by atoms with Crippen LogP contribution in [0.2, 0.25) is 0 Å². The molecule has 1 aliphatic rings. The second-order valence-electron chi connectivity index (χ2n) is 5.98. The van der Waals surface area contributed by atoms with Gasteiger partial charge in [-0.25, -0.2) is 0 Å². The minimum absolute atomic E-state index is 0.0514. The summed E-state index contributed by atoms with van der Waals surface area (Å²) in [5.41, 5.74) is 1.72. The van der Waals surface area contributed by atoms with Crippen LogP contribution in [0.15, 0.2) is 30.8 Å². The van der Waals surface area contributed by atoms with Crippen molar-refractivity contribution in [2.24, 2.45) is 0 Å². The topological polar surface area (TPSA) is 99.4 Å². The van der Waals surface area contributed by atoms with E-state index in [1.165, 1.54) is 18.2 Å². The van der Waals surface area contributed by atoms with Crippen molar-refractivity contribution in [3.63, 3.8) is 0 Å². The van der Waals surface area contributed by atoms with Crippen LogP contribution in [0.3, 0.4) is 0 Å². The zero-order chi connectivity index (χ0) is 18.1. The number of phenols is 4. The van der Waals surface area contributed by atoms with E-state index in [2.05, 4.69) is 6.58 Å². The summed E-state index contributed by atoms with van der Waals surface area (Å²) in [7, 11) is 0. The van der Waals surface area contributed by atoms with Gasteiger partial charge in [0.15, 0.2) is 11.5 Å². The van der Waals surface area contributed by atoms with Crippen LogP contribution >= 0.6 is 0 Å². The van der Waals surface area contributed by atoms with Gasteiger partial charge in [-0.2, -0.15) is 0 Å². The third-order valence-corrected chi connectivity index (χ3v) is 4.21. The van der Waals surface area contributed by atoms with Crippen LogP contribution in [0.5, 0.6) is 28.7 Å². The molecule has 1 atom stereocenters. The van der Waals surface area contributed by atoms with E-state index >= 15 is 0 Å². The third-order valence-electron chi connectivity index (χ3n) is 4.21. The lowest BCUT2D eigenvalue weighted by Crippen LogP contribution is -2.28. The van der Waals surface area contributed by atoms with Gasteiger partial charge in [0.1, 0.15) is 35.7 Å². The summed E-state index contributed by atoms with van der Waals surface area (Å²) in [6.07, 6.45) is 0.569. The first-order valence-electron chi connectivity index (χ1n) is 7.97. The Morgan fingerprint density at radius 3 is 2.64 bits per heavy atom. The maximum Gasteiger partial charge on any atom is 0.160 e. The molecule has 6 nitrogen and oxygen atoms in total. The van der Waals surface area contributed by atoms with Crippen molar-refractivity contribution in [1.82, 2.24) is 0 Å². The molecule has 0 bridgehead atoms. The Kier molecular flexibility index (Phi) is 4.35. The largest absolute Gasteiger partial charge is 0.508 e. The van der Waals surface area contributed by atoms with Crippen LogP contribution in [0.25, 0.3) is 5.76 Å². The zero-order valence-electron chi connectivity index (χ0n) is 13.8. The molecule has 2 aromatic carbocycles. The quantitative estimate of drug-likeness (QED) is 0.502. The minimum atomic E-state index is -0.378. The molecular weight excluding hydrogens is 324 g/mol. The van der Waals surface area contributed by atoms with E-state index in [4.69, 9.17) is 9.47 Å². The molecule has 4 N–H and O–H groups in total. The van der Waals surface area contributed by atoms with Crippen molar-refractivity contribution in [2.45, 2.75) is 25.9 Å². The molecular formula is C19H20O6.